The molecule has 0 heterocycles. The van der Waals surface area contributed by atoms with Gasteiger partial charge in [0.15, 0.2) is 0 Å². The van der Waals surface area contributed by atoms with Crippen LogP contribution < -0.4 is 5.32 Å². The van der Waals surface area contributed by atoms with Crippen molar-refractivity contribution in [1.82, 2.24) is 5.32 Å². The van der Waals surface area contributed by atoms with E-state index in [4.69, 9.17) is 0 Å². The van der Waals surface area contributed by atoms with Crippen molar-refractivity contribution in [2.45, 2.75) is 44.6 Å². The third kappa shape index (κ3) is 5.44. The lowest BCUT2D eigenvalue weighted by molar-refractivity contribution is -0.384. The summed E-state index contributed by atoms with van der Waals surface area (Å²) in [6.07, 6.45) is 6.61. The molecule has 1 unspecified atom stereocenters. The zero-order valence-electron chi connectivity index (χ0n) is 12.3. The number of nitro benzene ring substituents is 1. The van der Waals surface area contributed by atoms with Crippen molar-refractivity contribution in [1.29, 1.82) is 0 Å². The number of rotatable bonds is 8. The standard InChI is InChI=1S/C16H24N2O3/c19-16(11-14-3-1-2-4-14)12-17-10-9-13-5-7-15(8-6-13)18(20)21/h5-8,14,16-17,19H,1-4,9-12H2. The molecule has 0 aromatic heterocycles. The van der Waals surface area contributed by atoms with E-state index in [1.54, 1.807) is 12.1 Å². The summed E-state index contributed by atoms with van der Waals surface area (Å²) in [5, 5.41) is 23.8. The van der Waals surface area contributed by atoms with Crippen LogP contribution in [0.15, 0.2) is 24.3 Å². The maximum Gasteiger partial charge on any atom is 0.269 e. The maximum absolute atomic E-state index is 10.6. The molecule has 0 amide bonds. The second-order valence-electron chi connectivity index (χ2n) is 5.92. The zero-order chi connectivity index (χ0) is 15.1. The highest BCUT2D eigenvalue weighted by molar-refractivity contribution is 5.32. The highest BCUT2D eigenvalue weighted by atomic mass is 16.6. The van der Waals surface area contributed by atoms with E-state index in [0.29, 0.717) is 12.5 Å². The summed E-state index contributed by atoms with van der Waals surface area (Å²) in [7, 11) is 0. The molecular weight excluding hydrogens is 268 g/mol. The van der Waals surface area contributed by atoms with Crippen molar-refractivity contribution in [3.05, 3.63) is 39.9 Å². The smallest absolute Gasteiger partial charge is 0.269 e. The minimum Gasteiger partial charge on any atom is -0.392 e. The first-order chi connectivity index (χ1) is 10.1. The third-order valence-corrected chi connectivity index (χ3v) is 4.20. The number of hydrogen-bond donors (Lipinski definition) is 2. The van der Waals surface area contributed by atoms with Gasteiger partial charge in [0.1, 0.15) is 0 Å². The van der Waals surface area contributed by atoms with Crippen molar-refractivity contribution in [2.75, 3.05) is 13.1 Å². The average molecular weight is 292 g/mol. The predicted octanol–water partition coefficient (Wildman–Crippen LogP) is 2.67. The molecule has 1 saturated carbocycles. The van der Waals surface area contributed by atoms with Gasteiger partial charge in [-0.2, -0.15) is 0 Å². The van der Waals surface area contributed by atoms with Crippen LogP contribution in [0.4, 0.5) is 5.69 Å². The van der Waals surface area contributed by atoms with Gasteiger partial charge in [-0.1, -0.05) is 37.8 Å². The van der Waals surface area contributed by atoms with Crippen LogP contribution in [0.1, 0.15) is 37.7 Å². The minimum atomic E-state index is -0.387. The Bertz CT molecular complexity index is 441. The Morgan fingerprint density at radius 3 is 2.57 bits per heavy atom. The Balaban J connectivity index is 1.61. The number of hydrogen-bond acceptors (Lipinski definition) is 4. The van der Waals surface area contributed by atoms with Crippen molar-refractivity contribution >= 4 is 5.69 Å². The van der Waals surface area contributed by atoms with Crippen LogP contribution in [0.25, 0.3) is 0 Å². The number of aliphatic hydroxyl groups is 1. The van der Waals surface area contributed by atoms with E-state index in [9.17, 15) is 15.2 Å². The lowest BCUT2D eigenvalue weighted by atomic mass is 10.00. The molecular formula is C16H24N2O3. The topological polar surface area (TPSA) is 75.4 Å². The lowest BCUT2D eigenvalue weighted by Gasteiger charge is -2.15. The SMILES string of the molecule is O=[N+]([O-])c1ccc(CCNCC(O)CC2CCCC2)cc1. The Labute approximate surface area is 125 Å². The molecule has 1 aromatic rings. The monoisotopic (exact) mass is 292 g/mol. The molecule has 5 nitrogen and oxygen atoms in total. The third-order valence-electron chi connectivity index (χ3n) is 4.20. The quantitative estimate of drug-likeness (QED) is 0.439. The van der Waals surface area contributed by atoms with Crippen LogP contribution in [-0.2, 0) is 6.42 Å². The molecule has 2 rings (SSSR count). The molecule has 2 N–H and O–H groups in total. The van der Waals surface area contributed by atoms with E-state index in [1.165, 1.54) is 37.8 Å². The van der Waals surface area contributed by atoms with Gasteiger partial charge in [-0.15, -0.1) is 0 Å². The molecule has 1 aliphatic carbocycles. The fourth-order valence-electron chi connectivity index (χ4n) is 3.00. The molecule has 0 spiro atoms. The van der Waals surface area contributed by atoms with Crippen molar-refractivity contribution < 1.29 is 10.0 Å². The van der Waals surface area contributed by atoms with Crippen LogP contribution in [0.5, 0.6) is 0 Å². The van der Waals surface area contributed by atoms with Gasteiger partial charge < -0.3 is 10.4 Å². The van der Waals surface area contributed by atoms with Gasteiger partial charge >= 0.3 is 0 Å². The largest absolute Gasteiger partial charge is 0.392 e. The van der Waals surface area contributed by atoms with Gasteiger partial charge in [-0.3, -0.25) is 10.1 Å². The molecule has 1 aromatic carbocycles. The van der Waals surface area contributed by atoms with E-state index in [0.717, 1.165) is 24.9 Å². The summed E-state index contributed by atoms with van der Waals surface area (Å²) in [5.74, 6) is 0.705. The number of non-ortho nitro benzene ring substituents is 1. The van der Waals surface area contributed by atoms with E-state index in [1.807, 2.05) is 0 Å². The predicted molar refractivity (Wildman–Crippen MR) is 82.3 cm³/mol. The Morgan fingerprint density at radius 2 is 1.95 bits per heavy atom. The summed E-state index contributed by atoms with van der Waals surface area (Å²) >= 11 is 0. The molecule has 0 radical (unpaired) electrons. The van der Waals surface area contributed by atoms with E-state index < -0.39 is 0 Å². The summed E-state index contributed by atoms with van der Waals surface area (Å²) in [4.78, 5) is 10.2. The lowest BCUT2D eigenvalue weighted by Crippen LogP contribution is -2.29. The second kappa shape index (κ2) is 8.10. The summed E-state index contributed by atoms with van der Waals surface area (Å²) in [6.45, 7) is 1.41. The van der Waals surface area contributed by atoms with Gasteiger partial charge in [0, 0.05) is 18.7 Å². The van der Waals surface area contributed by atoms with Crippen LogP contribution in [0.2, 0.25) is 0 Å². The Morgan fingerprint density at radius 1 is 1.29 bits per heavy atom. The molecule has 21 heavy (non-hydrogen) atoms. The van der Waals surface area contributed by atoms with Gasteiger partial charge in [0.05, 0.1) is 11.0 Å². The van der Waals surface area contributed by atoms with Crippen LogP contribution >= 0.6 is 0 Å². The molecule has 116 valence electrons. The molecule has 0 saturated heterocycles. The summed E-state index contributed by atoms with van der Waals surface area (Å²) in [5.41, 5.74) is 1.19. The van der Waals surface area contributed by atoms with E-state index in [2.05, 4.69) is 5.32 Å². The van der Waals surface area contributed by atoms with Crippen molar-refractivity contribution in [2.24, 2.45) is 5.92 Å². The average Bonchev–Trinajstić information content (AvgIpc) is 2.97. The first kappa shape index (κ1) is 15.9. The zero-order valence-corrected chi connectivity index (χ0v) is 12.3. The number of nitro groups is 1. The fraction of sp³-hybridized carbons (Fsp3) is 0.625. The Kier molecular flexibility index (Phi) is 6.14. The van der Waals surface area contributed by atoms with Crippen LogP contribution in [0, 0.1) is 16.0 Å². The summed E-state index contributed by atoms with van der Waals surface area (Å²) in [6, 6.07) is 6.64. The van der Waals surface area contributed by atoms with Gasteiger partial charge in [0.25, 0.3) is 5.69 Å². The fourth-order valence-corrected chi connectivity index (χ4v) is 3.00. The molecule has 1 atom stereocenters. The first-order valence-electron chi connectivity index (χ1n) is 7.77. The second-order valence-corrected chi connectivity index (χ2v) is 5.92. The van der Waals surface area contributed by atoms with E-state index >= 15 is 0 Å². The molecule has 1 fully saturated rings. The van der Waals surface area contributed by atoms with Crippen LogP contribution in [-0.4, -0.2) is 29.2 Å². The molecule has 1 aliphatic rings. The van der Waals surface area contributed by atoms with Crippen LogP contribution in [0.3, 0.4) is 0 Å². The maximum atomic E-state index is 10.6. The number of nitrogens with zero attached hydrogens (tertiary/aromatic N) is 1. The van der Waals surface area contributed by atoms with E-state index in [-0.39, 0.29) is 16.7 Å². The normalized spacial score (nSPS) is 17.0. The number of benzene rings is 1. The van der Waals surface area contributed by atoms with Gasteiger partial charge in [0.2, 0.25) is 0 Å². The number of aliphatic hydroxyl groups excluding tert-OH is 1. The number of nitrogens with one attached hydrogen (secondary N) is 1. The molecule has 0 bridgehead atoms. The minimum absolute atomic E-state index is 0.124. The summed E-state index contributed by atoms with van der Waals surface area (Å²) < 4.78 is 0. The van der Waals surface area contributed by atoms with Gasteiger partial charge in [-0.25, -0.2) is 0 Å². The molecule has 5 heteroatoms. The van der Waals surface area contributed by atoms with Crippen molar-refractivity contribution in [3.63, 3.8) is 0 Å². The van der Waals surface area contributed by atoms with Gasteiger partial charge in [-0.05, 0) is 30.9 Å². The highest BCUT2D eigenvalue weighted by Gasteiger charge is 2.18. The van der Waals surface area contributed by atoms with Crippen molar-refractivity contribution in [3.8, 4) is 0 Å². The Hall–Kier alpha value is -1.46. The highest BCUT2D eigenvalue weighted by Crippen LogP contribution is 2.28. The molecule has 0 aliphatic heterocycles. The first-order valence-corrected chi connectivity index (χ1v) is 7.77.